The molecule has 0 aliphatic carbocycles. The van der Waals surface area contributed by atoms with Crippen LogP contribution in [-0.2, 0) is 0 Å². The van der Waals surface area contributed by atoms with Gasteiger partial charge in [-0.1, -0.05) is 5.16 Å². The second kappa shape index (κ2) is 3.05. The summed E-state index contributed by atoms with van der Waals surface area (Å²) in [5.41, 5.74) is 0. The summed E-state index contributed by atoms with van der Waals surface area (Å²) < 4.78 is 5.08. The van der Waals surface area contributed by atoms with E-state index in [2.05, 4.69) is 10.5 Å². The van der Waals surface area contributed by atoms with Gasteiger partial charge in [-0.05, 0) is 19.4 Å². The second-order valence-corrected chi connectivity index (χ2v) is 2.96. The zero-order chi connectivity index (χ0) is 7.52. The molecule has 1 fully saturated rings. The molecule has 3 nitrogen and oxygen atoms in total. The Balaban J connectivity index is 2.04. The summed E-state index contributed by atoms with van der Waals surface area (Å²) >= 11 is 0. The molecule has 1 aliphatic rings. The Bertz CT molecular complexity index is 202. The van der Waals surface area contributed by atoms with Crippen LogP contribution in [0.5, 0.6) is 0 Å². The first kappa shape index (κ1) is 6.85. The zero-order valence-corrected chi connectivity index (χ0v) is 6.42. The van der Waals surface area contributed by atoms with Crippen molar-refractivity contribution in [3.63, 3.8) is 0 Å². The summed E-state index contributed by atoms with van der Waals surface area (Å²) in [6, 6.07) is 1.96. The molecule has 1 aromatic heterocycles. The largest absolute Gasteiger partial charge is 0.361 e. The lowest BCUT2D eigenvalue weighted by Gasteiger charge is -2.19. The van der Waals surface area contributed by atoms with Crippen LogP contribution in [0.2, 0.25) is 0 Å². The molecule has 60 valence electrons. The summed E-state index contributed by atoms with van der Waals surface area (Å²) in [6.45, 7) is 2.18. The summed E-state index contributed by atoms with van der Waals surface area (Å²) in [6.07, 6.45) is 4.18. The first-order chi connectivity index (χ1) is 5.47. The lowest BCUT2D eigenvalue weighted by atomic mass is 9.97. The topological polar surface area (TPSA) is 38.1 Å². The van der Waals surface area contributed by atoms with E-state index in [0.29, 0.717) is 5.92 Å². The number of nitrogens with zero attached hydrogens (tertiary/aromatic N) is 1. The van der Waals surface area contributed by atoms with E-state index < -0.39 is 0 Å². The third-order valence-electron chi connectivity index (χ3n) is 2.16. The molecule has 1 saturated heterocycles. The van der Waals surface area contributed by atoms with Crippen LogP contribution in [0.25, 0.3) is 0 Å². The van der Waals surface area contributed by atoms with Crippen molar-refractivity contribution in [1.29, 1.82) is 0 Å². The Morgan fingerprint density at radius 1 is 1.64 bits per heavy atom. The van der Waals surface area contributed by atoms with Crippen molar-refractivity contribution < 1.29 is 4.52 Å². The minimum absolute atomic E-state index is 0.547. The van der Waals surface area contributed by atoms with Gasteiger partial charge in [-0.25, -0.2) is 0 Å². The molecule has 0 aromatic carbocycles. The molecule has 1 aromatic rings. The van der Waals surface area contributed by atoms with E-state index in [-0.39, 0.29) is 0 Å². The minimum Gasteiger partial charge on any atom is -0.361 e. The highest BCUT2D eigenvalue weighted by atomic mass is 16.5. The molecule has 1 unspecified atom stereocenters. The van der Waals surface area contributed by atoms with Crippen molar-refractivity contribution in [3.8, 4) is 0 Å². The molecular weight excluding hydrogens is 140 g/mol. The van der Waals surface area contributed by atoms with Crippen LogP contribution in [0.1, 0.15) is 24.5 Å². The predicted molar refractivity (Wildman–Crippen MR) is 41.3 cm³/mol. The van der Waals surface area contributed by atoms with Gasteiger partial charge in [0.15, 0.2) is 0 Å². The number of hydrogen-bond acceptors (Lipinski definition) is 3. The number of rotatable bonds is 1. The minimum atomic E-state index is 0.547. The summed E-state index contributed by atoms with van der Waals surface area (Å²) in [4.78, 5) is 0. The summed E-state index contributed by atoms with van der Waals surface area (Å²) in [7, 11) is 0. The molecule has 1 aliphatic heterocycles. The smallest absolute Gasteiger partial charge is 0.141 e. The van der Waals surface area contributed by atoms with E-state index in [1.165, 1.54) is 12.8 Å². The molecule has 3 heteroatoms. The number of hydrogen-bond donors (Lipinski definition) is 1. The van der Waals surface area contributed by atoms with Crippen LogP contribution < -0.4 is 5.32 Å². The highest BCUT2D eigenvalue weighted by Crippen LogP contribution is 2.21. The highest BCUT2D eigenvalue weighted by Gasteiger charge is 2.17. The molecule has 0 amide bonds. The molecule has 2 rings (SSSR count). The fourth-order valence-corrected chi connectivity index (χ4v) is 1.53. The van der Waals surface area contributed by atoms with Crippen LogP contribution in [0, 0.1) is 0 Å². The lowest BCUT2D eigenvalue weighted by molar-refractivity contribution is 0.329. The molecule has 0 radical (unpaired) electrons. The second-order valence-electron chi connectivity index (χ2n) is 2.96. The van der Waals surface area contributed by atoms with Crippen molar-refractivity contribution in [2.45, 2.75) is 18.8 Å². The van der Waals surface area contributed by atoms with Gasteiger partial charge in [0.05, 0.1) is 6.20 Å². The van der Waals surface area contributed by atoms with Crippen LogP contribution in [0.3, 0.4) is 0 Å². The molecule has 0 spiro atoms. The fraction of sp³-hybridized carbons (Fsp3) is 0.625. The predicted octanol–water partition coefficient (Wildman–Crippen LogP) is 1.14. The standard InChI is InChI=1S/C8H12N2O/c1-2-7(6-9-4-1)8-3-5-10-11-8/h3,5,7,9H,1-2,4,6H2. The van der Waals surface area contributed by atoms with E-state index in [9.17, 15) is 0 Å². The van der Waals surface area contributed by atoms with Gasteiger partial charge in [0.1, 0.15) is 5.76 Å². The lowest BCUT2D eigenvalue weighted by Crippen LogP contribution is -2.28. The Hall–Kier alpha value is -0.830. The first-order valence-electron chi connectivity index (χ1n) is 4.08. The molecule has 0 saturated carbocycles. The van der Waals surface area contributed by atoms with Crippen molar-refractivity contribution in [2.24, 2.45) is 0 Å². The van der Waals surface area contributed by atoms with Crippen LogP contribution in [0.15, 0.2) is 16.8 Å². The Morgan fingerprint density at radius 2 is 2.64 bits per heavy atom. The SMILES string of the molecule is c1cc(C2CCCNC2)on1. The summed E-state index contributed by atoms with van der Waals surface area (Å²) in [5, 5.41) is 7.03. The zero-order valence-electron chi connectivity index (χ0n) is 6.42. The van der Waals surface area contributed by atoms with E-state index in [1.807, 2.05) is 6.07 Å². The third kappa shape index (κ3) is 1.43. The monoisotopic (exact) mass is 152 g/mol. The van der Waals surface area contributed by atoms with Gasteiger partial charge >= 0.3 is 0 Å². The first-order valence-corrected chi connectivity index (χ1v) is 4.08. The van der Waals surface area contributed by atoms with Gasteiger partial charge < -0.3 is 9.84 Å². The van der Waals surface area contributed by atoms with Crippen molar-refractivity contribution in [2.75, 3.05) is 13.1 Å². The van der Waals surface area contributed by atoms with Gasteiger partial charge in [0, 0.05) is 18.5 Å². The van der Waals surface area contributed by atoms with E-state index >= 15 is 0 Å². The number of piperidine rings is 1. The van der Waals surface area contributed by atoms with Crippen molar-refractivity contribution in [3.05, 3.63) is 18.0 Å². The number of nitrogens with one attached hydrogen (secondary N) is 1. The van der Waals surface area contributed by atoms with Gasteiger partial charge in [-0.2, -0.15) is 0 Å². The maximum Gasteiger partial charge on any atom is 0.141 e. The molecule has 0 bridgehead atoms. The molecular formula is C8H12N2O. The molecule has 1 N–H and O–H groups in total. The van der Waals surface area contributed by atoms with Gasteiger partial charge in [-0.3, -0.25) is 0 Å². The Kier molecular flexibility index (Phi) is 1.90. The van der Waals surface area contributed by atoms with Crippen LogP contribution >= 0.6 is 0 Å². The van der Waals surface area contributed by atoms with Crippen LogP contribution in [0.4, 0.5) is 0 Å². The van der Waals surface area contributed by atoms with E-state index in [1.54, 1.807) is 6.20 Å². The average Bonchev–Trinajstić information content (AvgIpc) is 2.58. The van der Waals surface area contributed by atoms with Gasteiger partial charge in [-0.15, -0.1) is 0 Å². The number of aromatic nitrogens is 1. The molecule has 1 atom stereocenters. The van der Waals surface area contributed by atoms with E-state index in [4.69, 9.17) is 4.52 Å². The normalized spacial score (nSPS) is 25.3. The third-order valence-corrected chi connectivity index (χ3v) is 2.16. The molecule has 11 heavy (non-hydrogen) atoms. The van der Waals surface area contributed by atoms with Gasteiger partial charge in [0.25, 0.3) is 0 Å². The average molecular weight is 152 g/mol. The maximum absolute atomic E-state index is 5.08. The highest BCUT2D eigenvalue weighted by molar-refractivity contribution is 5.03. The Morgan fingerprint density at radius 3 is 3.27 bits per heavy atom. The fourth-order valence-electron chi connectivity index (χ4n) is 1.53. The van der Waals surface area contributed by atoms with Crippen molar-refractivity contribution >= 4 is 0 Å². The Labute approximate surface area is 65.8 Å². The van der Waals surface area contributed by atoms with Crippen LogP contribution in [-0.4, -0.2) is 18.2 Å². The van der Waals surface area contributed by atoms with E-state index in [0.717, 1.165) is 18.8 Å². The van der Waals surface area contributed by atoms with Gasteiger partial charge in [0.2, 0.25) is 0 Å². The maximum atomic E-state index is 5.08. The quantitative estimate of drug-likeness (QED) is 0.655. The van der Waals surface area contributed by atoms with Crippen molar-refractivity contribution in [1.82, 2.24) is 10.5 Å². The summed E-state index contributed by atoms with van der Waals surface area (Å²) in [5.74, 6) is 1.57. The molecule has 2 heterocycles.